The van der Waals surface area contributed by atoms with Gasteiger partial charge in [0, 0.05) is 12.6 Å². The third-order valence-electron chi connectivity index (χ3n) is 5.74. The molecule has 0 fully saturated rings. The molecule has 0 radical (unpaired) electrons. The second-order valence-electron chi connectivity index (χ2n) is 8.11. The quantitative estimate of drug-likeness (QED) is 0.328. The first kappa shape index (κ1) is 22.3. The van der Waals surface area contributed by atoms with Crippen LogP contribution in [0.4, 0.5) is 0 Å². The van der Waals surface area contributed by atoms with Gasteiger partial charge in [-0.2, -0.15) is 0 Å². The summed E-state index contributed by atoms with van der Waals surface area (Å²) in [4.78, 5) is 0. The van der Waals surface area contributed by atoms with E-state index in [1.807, 2.05) is 0 Å². The van der Waals surface area contributed by atoms with E-state index < -0.39 is 0 Å². The van der Waals surface area contributed by atoms with Crippen molar-refractivity contribution in [2.24, 2.45) is 5.73 Å². The van der Waals surface area contributed by atoms with Gasteiger partial charge in [0.25, 0.3) is 0 Å². The molecule has 2 heteroatoms. The molecule has 3 rings (SSSR count). The Morgan fingerprint density at radius 1 is 0.767 bits per heavy atom. The predicted molar refractivity (Wildman–Crippen MR) is 132 cm³/mol. The number of rotatable bonds is 13. The van der Waals surface area contributed by atoms with Crippen molar-refractivity contribution in [3.05, 3.63) is 90.0 Å². The maximum Gasteiger partial charge on any atom is 0.0140 e. The molecule has 0 aliphatic heterocycles. The van der Waals surface area contributed by atoms with Crippen molar-refractivity contribution in [2.45, 2.75) is 51.0 Å². The molecule has 2 nitrogen and oxygen atoms in total. The van der Waals surface area contributed by atoms with Crippen LogP contribution >= 0.6 is 0 Å². The first-order valence-electron chi connectivity index (χ1n) is 11.5. The van der Waals surface area contributed by atoms with Gasteiger partial charge in [0.15, 0.2) is 0 Å². The molecule has 158 valence electrons. The second-order valence-corrected chi connectivity index (χ2v) is 8.11. The van der Waals surface area contributed by atoms with Crippen LogP contribution in [0.1, 0.15) is 49.7 Å². The summed E-state index contributed by atoms with van der Waals surface area (Å²) in [5, 5.41) is 6.52. The average molecular weight is 401 g/mol. The van der Waals surface area contributed by atoms with Crippen LogP contribution in [0.2, 0.25) is 0 Å². The van der Waals surface area contributed by atoms with E-state index in [-0.39, 0.29) is 0 Å². The molecule has 0 saturated heterocycles. The highest BCUT2D eigenvalue weighted by atomic mass is 14.9. The Balaban J connectivity index is 1.58. The summed E-state index contributed by atoms with van der Waals surface area (Å²) < 4.78 is 0. The summed E-state index contributed by atoms with van der Waals surface area (Å²) in [5.41, 5.74) is 8.32. The van der Waals surface area contributed by atoms with E-state index in [2.05, 4.69) is 90.3 Å². The molecule has 0 aliphatic rings. The zero-order valence-electron chi connectivity index (χ0n) is 18.1. The van der Waals surface area contributed by atoms with E-state index in [1.54, 1.807) is 0 Å². The monoisotopic (exact) mass is 400 g/mol. The number of fused-ring (bicyclic) bond motifs is 1. The zero-order valence-corrected chi connectivity index (χ0v) is 18.1. The molecule has 3 aromatic carbocycles. The number of benzene rings is 3. The first-order valence-corrected chi connectivity index (χ1v) is 11.5. The minimum absolute atomic E-state index is 0.491. The van der Waals surface area contributed by atoms with E-state index in [4.69, 9.17) is 5.73 Å². The lowest BCUT2D eigenvalue weighted by Gasteiger charge is -2.19. The molecule has 0 saturated carbocycles. The molecule has 3 aromatic rings. The SMILES string of the molecule is NCCCCCCCC(Cc1cccc2ccccc12)NCC=Cc1ccccc1. The summed E-state index contributed by atoms with van der Waals surface area (Å²) >= 11 is 0. The molecule has 0 bridgehead atoms. The standard InChI is InChI=1S/C28H36N2/c29-21-10-3-1-2-7-19-27(30-22-12-15-24-13-5-4-6-14-24)23-26-18-11-17-25-16-8-9-20-28(25)26/h4-6,8-9,11-18,20,27,30H,1-3,7,10,19,21-23,29H2. The van der Waals surface area contributed by atoms with Gasteiger partial charge in [0.05, 0.1) is 0 Å². The molecular weight excluding hydrogens is 364 g/mol. The molecule has 1 unspecified atom stereocenters. The topological polar surface area (TPSA) is 38.0 Å². The number of unbranched alkanes of at least 4 members (excludes halogenated alkanes) is 4. The minimum Gasteiger partial charge on any atom is -0.330 e. The van der Waals surface area contributed by atoms with Crippen molar-refractivity contribution >= 4 is 16.8 Å². The van der Waals surface area contributed by atoms with Crippen molar-refractivity contribution in [3.8, 4) is 0 Å². The lowest BCUT2D eigenvalue weighted by molar-refractivity contribution is 0.468. The largest absolute Gasteiger partial charge is 0.330 e. The maximum absolute atomic E-state index is 5.62. The van der Waals surface area contributed by atoms with Crippen LogP contribution in [0.5, 0.6) is 0 Å². The first-order chi connectivity index (χ1) is 14.9. The molecule has 1 atom stereocenters. The highest BCUT2D eigenvalue weighted by Gasteiger charge is 2.10. The van der Waals surface area contributed by atoms with Crippen molar-refractivity contribution in [1.29, 1.82) is 0 Å². The lowest BCUT2D eigenvalue weighted by Crippen LogP contribution is -2.31. The van der Waals surface area contributed by atoms with Crippen molar-refractivity contribution in [3.63, 3.8) is 0 Å². The fourth-order valence-electron chi connectivity index (χ4n) is 4.07. The van der Waals surface area contributed by atoms with Crippen LogP contribution in [-0.2, 0) is 6.42 Å². The predicted octanol–water partition coefficient (Wildman–Crippen LogP) is 6.35. The van der Waals surface area contributed by atoms with Crippen LogP contribution in [0.25, 0.3) is 16.8 Å². The Kier molecular flexibility index (Phi) is 9.65. The third kappa shape index (κ3) is 7.44. The Hall–Kier alpha value is -2.42. The normalized spacial score (nSPS) is 12.6. The van der Waals surface area contributed by atoms with E-state index in [0.29, 0.717) is 6.04 Å². The van der Waals surface area contributed by atoms with Gasteiger partial charge in [-0.25, -0.2) is 0 Å². The van der Waals surface area contributed by atoms with Gasteiger partial charge in [0.2, 0.25) is 0 Å². The number of hydrogen-bond donors (Lipinski definition) is 2. The molecule has 0 spiro atoms. The van der Waals surface area contributed by atoms with Gasteiger partial charge in [-0.15, -0.1) is 0 Å². The zero-order chi connectivity index (χ0) is 20.9. The Labute approximate surface area is 182 Å². The van der Waals surface area contributed by atoms with Gasteiger partial charge in [-0.3, -0.25) is 0 Å². The highest BCUT2D eigenvalue weighted by Crippen LogP contribution is 2.21. The summed E-state index contributed by atoms with van der Waals surface area (Å²) in [6.45, 7) is 1.72. The molecule has 30 heavy (non-hydrogen) atoms. The van der Waals surface area contributed by atoms with E-state index in [1.165, 1.54) is 54.0 Å². The van der Waals surface area contributed by atoms with Gasteiger partial charge in [-0.1, -0.05) is 111 Å². The Morgan fingerprint density at radius 3 is 2.37 bits per heavy atom. The summed E-state index contributed by atoms with van der Waals surface area (Å²) in [5.74, 6) is 0. The summed E-state index contributed by atoms with van der Waals surface area (Å²) in [7, 11) is 0. The van der Waals surface area contributed by atoms with Crippen LogP contribution in [0.15, 0.2) is 78.9 Å². The molecule has 3 N–H and O–H groups in total. The van der Waals surface area contributed by atoms with E-state index in [0.717, 1.165) is 25.9 Å². The van der Waals surface area contributed by atoms with Gasteiger partial charge in [-0.05, 0) is 47.7 Å². The summed E-state index contributed by atoms with van der Waals surface area (Å²) in [6.07, 6.45) is 13.0. The Bertz CT molecular complexity index is 880. The second kappa shape index (κ2) is 13.0. The molecule has 0 aliphatic carbocycles. The minimum atomic E-state index is 0.491. The smallest absolute Gasteiger partial charge is 0.0140 e. The number of hydrogen-bond acceptors (Lipinski definition) is 2. The third-order valence-corrected chi connectivity index (χ3v) is 5.74. The maximum atomic E-state index is 5.62. The van der Waals surface area contributed by atoms with Crippen molar-refractivity contribution in [2.75, 3.05) is 13.1 Å². The molecular formula is C28H36N2. The van der Waals surface area contributed by atoms with Crippen LogP contribution in [0, 0.1) is 0 Å². The Morgan fingerprint density at radius 2 is 1.50 bits per heavy atom. The van der Waals surface area contributed by atoms with Gasteiger partial charge < -0.3 is 11.1 Å². The van der Waals surface area contributed by atoms with E-state index >= 15 is 0 Å². The summed E-state index contributed by atoms with van der Waals surface area (Å²) in [6, 6.07) is 26.4. The van der Waals surface area contributed by atoms with Gasteiger partial charge >= 0.3 is 0 Å². The van der Waals surface area contributed by atoms with Crippen molar-refractivity contribution < 1.29 is 0 Å². The average Bonchev–Trinajstić information content (AvgIpc) is 2.79. The highest BCUT2D eigenvalue weighted by molar-refractivity contribution is 5.85. The van der Waals surface area contributed by atoms with Crippen LogP contribution < -0.4 is 11.1 Å². The molecule has 0 heterocycles. The fourth-order valence-corrected chi connectivity index (χ4v) is 4.07. The van der Waals surface area contributed by atoms with Crippen LogP contribution in [-0.4, -0.2) is 19.1 Å². The molecule has 0 amide bonds. The van der Waals surface area contributed by atoms with E-state index in [9.17, 15) is 0 Å². The number of nitrogens with one attached hydrogen (secondary N) is 1. The van der Waals surface area contributed by atoms with Crippen molar-refractivity contribution in [1.82, 2.24) is 5.32 Å². The van der Waals surface area contributed by atoms with Crippen LogP contribution in [0.3, 0.4) is 0 Å². The van der Waals surface area contributed by atoms with Gasteiger partial charge in [0.1, 0.15) is 0 Å². The number of nitrogens with two attached hydrogens (primary N) is 1. The molecule has 0 aromatic heterocycles. The lowest BCUT2D eigenvalue weighted by atomic mass is 9.95. The fraction of sp³-hybridized carbons (Fsp3) is 0.357.